The third-order valence-corrected chi connectivity index (χ3v) is 6.84. The molecule has 1 saturated carbocycles. The highest BCUT2D eigenvalue weighted by atomic mass is 35.5. The summed E-state index contributed by atoms with van der Waals surface area (Å²) in [7, 11) is 3.34. The van der Waals surface area contributed by atoms with E-state index in [1.54, 1.807) is 40.1 Å². The number of hydrogen-bond acceptors (Lipinski definition) is 4. The molecule has 33 heavy (non-hydrogen) atoms. The van der Waals surface area contributed by atoms with Crippen LogP contribution in [0.15, 0.2) is 42.1 Å². The van der Waals surface area contributed by atoms with Gasteiger partial charge in [0, 0.05) is 13.1 Å². The monoisotopic (exact) mass is 488 g/mol. The predicted octanol–water partition coefficient (Wildman–Crippen LogP) is 5.80. The number of hydrogen-bond donors (Lipinski definition) is 0. The molecule has 1 amide bonds. The van der Waals surface area contributed by atoms with Gasteiger partial charge in [-0.1, -0.05) is 43.0 Å². The van der Waals surface area contributed by atoms with E-state index in [1.807, 2.05) is 7.05 Å². The molecule has 0 N–H and O–H groups in total. The van der Waals surface area contributed by atoms with Gasteiger partial charge in [-0.25, -0.2) is 4.39 Å². The first-order valence-corrected chi connectivity index (χ1v) is 11.8. The second-order valence-electron chi connectivity index (χ2n) is 8.29. The molecule has 1 aliphatic heterocycles. The Balaban J connectivity index is 1.57. The molecular weight excluding hydrogens is 463 g/mol. The minimum Gasteiger partial charge on any atom is -0.493 e. The van der Waals surface area contributed by atoms with Gasteiger partial charge in [-0.3, -0.25) is 9.69 Å². The summed E-state index contributed by atoms with van der Waals surface area (Å²) < 4.78 is 24.5. The van der Waals surface area contributed by atoms with E-state index >= 15 is 0 Å². The van der Waals surface area contributed by atoms with Crippen molar-refractivity contribution in [1.82, 2.24) is 9.80 Å². The lowest BCUT2D eigenvalue weighted by Crippen LogP contribution is -2.41. The molecule has 1 aliphatic carbocycles. The zero-order valence-electron chi connectivity index (χ0n) is 18.6. The maximum atomic E-state index is 13.2. The molecule has 2 aromatic carbocycles. The Bertz CT molecular complexity index is 1080. The van der Waals surface area contributed by atoms with Crippen molar-refractivity contribution in [2.75, 3.05) is 14.2 Å². The molecule has 0 aromatic heterocycles. The summed E-state index contributed by atoms with van der Waals surface area (Å²) in [5.74, 6) is 0.438. The van der Waals surface area contributed by atoms with Crippen LogP contribution in [0.4, 0.5) is 4.39 Å². The lowest BCUT2D eigenvalue weighted by Gasteiger charge is -2.30. The molecule has 174 valence electrons. The SMILES string of the molecule is COc1cc(C=C2C(=O)N(C3CCCCC3)C(=S)N2C)cc(Cl)c1OCc1ccc(F)cc1. The molecule has 0 unspecified atom stereocenters. The van der Waals surface area contributed by atoms with E-state index in [-0.39, 0.29) is 24.4 Å². The highest BCUT2D eigenvalue weighted by Crippen LogP contribution is 2.38. The fourth-order valence-electron chi connectivity index (χ4n) is 4.30. The number of carbonyl (C=O) groups is 1. The average Bonchev–Trinajstić information content (AvgIpc) is 3.02. The molecule has 2 aliphatic rings. The van der Waals surface area contributed by atoms with Gasteiger partial charge < -0.3 is 14.4 Å². The van der Waals surface area contributed by atoms with Crippen molar-refractivity contribution in [3.05, 3.63) is 64.1 Å². The van der Waals surface area contributed by atoms with Crippen molar-refractivity contribution in [3.8, 4) is 11.5 Å². The Kier molecular flexibility index (Phi) is 7.20. The van der Waals surface area contributed by atoms with Crippen molar-refractivity contribution in [3.63, 3.8) is 0 Å². The van der Waals surface area contributed by atoms with E-state index < -0.39 is 0 Å². The van der Waals surface area contributed by atoms with Gasteiger partial charge in [0.1, 0.15) is 18.1 Å². The van der Waals surface area contributed by atoms with Gasteiger partial charge in [-0.05, 0) is 66.5 Å². The van der Waals surface area contributed by atoms with E-state index in [9.17, 15) is 9.18 Å². The summed E-state index contributed by atoms with van der Waals surface area (Å²) in [5, 5.41) is 0.888. The first-order valence-electron chi connectivity index (χ1n) is 11.0. The Morgan fingerprint density at radius 1 is 1.18 bits per heavy atom. The molecule has 1 saturated heterocycles. The molecule has 2 aromatic rings. The summed E-state index contributed by atoms with van der Waals surface area (Å²) in [6, 6.07) is 9.71. The van der Waals surface area contributed by atoms with Crippen LogP contribution in [0.2, 0.25) is 5.02 Å². The van der Waals surface area contributed by atoms with Crippen LogP contribution in [-0.4, -0.2) is 41.0 Å². The Labute approximate surface area is 203 Å². The van der Waals surface area contributed by atoms with Crippen LogP contribution in [0.5, 0.6) is 11.5 Å². The van der Waals surface area contributed by atoms with Crippen LogP contribution in [-0.2, 0) is 11.4 Å². The number of likely N-dealkylation sites (N-methyl/N-ethyl adjacent to an activating group) is 1. The number of methoxy groups -OCH3 is 1. The maximum Gasteiger partial charge on any atom is 0.277 e. The van der Waals surface area contributed by atoms with Gasteiger partial charge in [0.25, 0.3) is 5.91 Å². The second kappa shape index (κ2) is 10.1. The van der Waals surface area contributed by atoms with Crippen molar-refractivity contribution in [1.29, 1.82) is 0 Å². The van der Waals surface area contributed by atoms with E-state index in [0.29, 0.717) is 32.9 Å². The smallest absolute Gasteiger partial charge is 0.277 e. The van der Waals surface area contributed by atoms with Crippen LogP contribution in [0.25, 0.3) is 6.08 Å². The minimum atomic E-state index is -0.306. The lowest BCUT2D eigenvalue weighted by atomic mass is 9.94. The number of nitrogens with zero attached hydrogens (tertiary/aromatic N) is 2. The standard InChI is InChI=1S/C25H26ClFN2O3S/c1-28-21(24(30)29(25(28)33)19-6-4-3-5-7-19)13-17-12-20(26)23(22(14-17)31-2)32-15-16-8-10-18(27)11-9-16/h8-14,19H,3-7,15H2,1-2H3. The van der Waals surface area contributed by atoms with E-state index in [0.717, 1.165) is 31.2 Å². The molecule has 2 fully saturated rings. The van der Waals surface area contributed by atoms with Crippen LogP contribution in [0, 0.1) is 5.82 Å². The molecule has 0 atom stereocenters. The second-order valence-corrected chi connectivity index (χ2v) is 9.06. The van der Waals surface area contributed by atoms with Gasteiger partial charge in [-0.2, -0.15) is 0 Å². The summed E-state index contributed by atoms with van der Waals surface area (Å²) in [6.45, 7) is 0.211. The van der Waals surface area contributed by atoms with Crippen LogP contribution < -0.4 is 9.47 Å². The van der Waals surface area contributed by atoms with Gasteiger partial charge in [-0.15, -0.1) is 0 Å². The summed E-state index contributed by atoms with van der Waals surface area (Å²) >= 11 is 12.1. The highest BCUT2D eigenvalue weighted by Gasteiger charge is 2.40. The number of carbonyl (C=O) groups excluding carboxylic acids is 1. The molecule has 0 bridgehead atoms. The lowest BCUT2D eigenvalue weighted by molar-refractivity contribution is -0.124. The molecule has 8 heteroatoms. The maximum absolute atomic E-state index is 13.2. The largest absolute Gasteiger partial charge is 0.493 e. The number of rotatable bonds is 6. The van der Waals surface area contributed by atoms with Crippen LogP contribution in [0.3, 0.4) is 0 Å². The fourth-order valence-corrected chi connectivity index (χ4v) is 4.90. The van der Waals surface area contributed by atoms with Gasteiger partial charge in [0.15, 0.2) is 16.6 Å². The van der Waals surface area contributed by atoms with Crippen molar-refractivity contribution in [2.24, 2.45) is 0 Å². The normalized spacial score (nSPS) is 18.4. The van der Waals surface area contributed by atoms with Crippen LogP contribution >= 0.6 is 23.8 Å². The summed E-state index contributed by atoms with van der Waals surface area (Å²) in [4.78, 5) is 16.8. The van der Waals surface area contributed by atoms with Gasteiger partial charge in [0.2, 0.25) is 0 Å². The van der Waals surface area contributed by atoms with E-state index in [4.69, 9.17) is 33.3 Å². The fraction of sp³-hybridized carbons (Fsp3) is 0.360. The van der Waals surface area contributed by atoms with Gasteiger partial charge in [0.05, 0.1) is 12.1 Å². The molecule has 1 heterocycles. The number of thiocarbonyl (C=S) groups is 1. The van der Waals surface area contributed by atoms with Gasteiger partial charge >= 0.3 is 0 Å². The summed E-state index contributed by atoms with van der Waals surface area (Å²) in [5.41, 5.74) is 2.01. The number of halogens is 2. The number of ether oxygens (including phenoxy) is 2. The number of benzene rings is 2. The molecule has 4 rings (SSSR count). The quantitative estimate of drug-likeness (QED) is 0.380. The van der Waals surface area contributed by atoms with E-state index in [2.05, 4.69) is 0 Å². The van der Waals surface area contributed by atoms with Crippen LogP contribution in [0.1, 0.15) is 43.2 Å². The first kappa shape index (κ1) is 23.5. The van der Waals surface area contributed by atoms with E-state index in [1.165, 1.54) is 25.7 Å². The summed E-state index contributed by atoms with van der Waals surface area (Å²) in [6.07, 6.45) is 7.17. The average molecular weight is 489 g/mol. The topological polar surface area (TPSA) is 42.0 Å². The van der Waals surface area contributed by atoms with Crippen molar-refractivity contribution >= 4 is 40.9 Å². The highest BCUT2D eigenvalue weighted by molar-refractivity contribution is 7.80. The molecule has 5 nitrogen and oxygen atoms in total. The Morgan fingerprint density at radius 3 is 2.55 bits per heavy atom. The third kappa shape index (κ3) is 4.99. The third-order valence-electron chi connectivity index (χ3n) is 6.08. The van der Waals surface area contributed by atoms with Crippen molar-refractivity contribution < 1.29 is 18.7 Å². The zero-order chi connectivity index (χ0) is 23.5. The van der Waals surface area contributed by atoms with Crippen molar-refractivity contribution in [2.45, 2.75) is 44.8 Å². The zero-order valence-corrected chi connectivity index (χ0v) is 20.2. The number of amides is 1. The minimum absolute atomic E-state index is 0.0823. The predicted molar refractivity (Wildman–Crippen MR) is 131 cm³/mol. The Morgan fingerprint density at radius 2 is 1.88 bits per heavy atom. The first-order chi connectivity index (χ1) is 15.9. The molecule has 0 spiro atoms. The molecular formula is C25H26ClFN2O3S. The Hall–Kier alpha value is -2.64. The molecule has 0 radical (unpaired) electrons.